The molecule has 5 N–H and O–H groups in total. The number of hydrogen-bond donors (Lipinski definition) is 5. The number of nitrogens with one attached hydrogen (secondary N) is 4. The third-order valence-corrected chi connectivity index (χ3v) is 10.8. The highest BCUT2D eigenvalue weighted by Crippen LogP contribution is 2.58. The number of aromatic nitrogens is 1. The molecule has 0 radical (unpaired) electrons. The van der Waals surface area contributed by atoms with E-state index in [1.165, 1.54) is 5.56 Å². The summed E-state index contributed by atoms with van der Waals surface area (Å²) in [5.74, 6) is -0.897. The number of para-hydroxylation sites is 1. The number of aryl methyl sites for hydroxylation is 1. The first kappa shape index (κ1) is 33.0. The summed E-state index contributed by atoms with van der Waals surface area (Å²) in [7, 11) is 0. The van der Waals surface area contributed by atoms with Crippen LogP contribution in [0.2, 0.25) is 0 Å². The Kier molecular flexibility index (Phi) is 8.13. The van der Waals surface area contributed by atoms with Crippen molar-refractivity contribution >= 4 is 23.4 Å². The normalized spacial score (nSPS) is 24.9. The van der Waals surface area contributed by atoms with Crippen LogP contribution in [-0.4, -0.2) is 46.2 Å². The lowest BCUT2D eigenvalue weighted by Gasteiger charge is -2.29. The number of carbonyl (C=O) groups excluding carboxylic acids is 3. The predicted octanol–water partition coefficient (Wildman–Crippen LogP) is 4.83. The Morgan fingerprint density at radius 2 is 1.75 bits per heavy atom. The number of nitrogens with zero attached hydrogens (tertiary/aromatic N) is 1. The molecule has 3 aromatic carbocycles. The van der Waals surface area contributed by atoms with E-state index in [1.54, 1.807) is 13.8 Å². The molecule has 0 saturated carbocycles. The Balaban J connectivity index is 1.31. The number of aliphatic hydroxyl groups excluding tert-OH is 1. The first-order valence-electron chi connectivity index (χ1n) is 17.9. The first-order chi connectivity index (χ1) is 24.6. The molecule has 1 spiro atoms. The maximum Gasteiger partial charge on any atom is 0.274 e. The fourth-order valence-corrected chi connectivity index (χ4v) is 8.15. The molecular weight excluding hydrogens is 646 g/mol. The van der Waals surface area contributed by atoms with Crippen molar-refractivity contribution in [2.75, 3.05) is 5.32 Å². The molecule has 3 amide bonds. The van der Waals surface area contributed by atoms with Gasteiger partial charge in [-0.1, -0.05) is 82.3 Å². The number of oxazole rings is 1. The van der Waals surface area contributed by atoms with Crippen molar-refractivity contribution in [3.8, 4) is 5.75 Å². The van der Waals surface area contributed by atoms with Gasteiger partial charge in [0.1, 0.15) is 29.4 Å². The van der Waals surface area contributed by atoms with E-state index >= 15 is 0 Å². The quantitative estimate of drug-likeness (QED) is 0.193. The predicted molar refractivity (Wildman–Crippen MR) is 189 cm³/mol. The third-order valence-electron chi connectivity index (χ3n) is 10.8. The van der Waals surface area contributed by atoms with E-state index in [4.69, 9.17) is 14.1 Å². The summed E-state index contributed by atoms with van der Waals surface area (Å²) in [5, 5.41) is 23.3. The van der Waals surface area contributed by atoms with Crippen LogP contribution in [0.25, 0.3) is 0 Å². The smallest absolute Gasteiger partial charge is 0.274 e. The molecule has 264 valence electrons. The van der Waals surface area contributed by atoms with Gasteiger partial charge in [-0.05, 0) is 65.5 Å². The minimum Gasteiger partial charge on any atom is -0.469 e. The molecule has 11 nitrogen and oxygen atoms in total. The second-order valence-corrected chi connectivity index (χ2v) is 14.9. The molecule has 1 aliphatic carbocycles. The Morgan fingerprint density at radius 3 is 2.55 bits per heavy atom. The molecular formula is C40H43N5O6. The van der Waals surface area contributed by atoms with Gasteiger partial charge >= 0.3 is 0 Å². The van der Waals surface area contributed by atoms with Gasteiger partial charge < -0.3 is 35.5 Å². The van der Waals surface area contributed by atoms with Crippen molar-refractivity contribution < 1.29 is 28.6 Å². The summed E-state index contributed by atoms with van der Waals surface area (Å²) in [6.45, 7) is 7.35. The Morgan fingerprint density at radius 1 is 0.961 bits per heavy atom. The van der Waals surface area contributed by atoms with Gasteiger partial charge in [-0.2, -0.15) is 0 Å². The van der Waals surface area contributed by atoms with Gasteiger partial charge in [0, 0.05) is 17.7 Å². The molecule has 8 rings (SSSR count). The maximum absolute atomic E-state index is 14.7. The molecule has 51 heavy (non-hydrogen) atoms. The van der Waals surface area contributed by atoms with E-state index in [-0.39, 0.29) is 41.8 Å². The summed E-state index contributed by atoms with van der Waals surface area (Å²) in [6, 6.07) is 19.8. The fraction of sp³-hybridized carbons (Fsp3) is 0.400. The summed E-state index contributed by atoms with van der Waals surface area (Å²) < 4.78 is 13.5. The van der Waals surface area contributed by atoms with Crippen LogP contribution in [0.3, 0.4) is 0 Å². The van der Waals surface area contributed by atoms with Crippen molar-refractivity contribution in [1.29, 1.82) is 0 Å². The highest BCUT2D eigenvalue weighted by molar-refractivity contribution is 5.95. The maximum atomic E-state index is 14.7. The molecule has 1 unspecified atom stereocenters. The largest absolute Gasteiger partial charge is 0.469 e. The van der Waals surface area contributed by atoms with Crippen molar-refractivity contribution in [3.05, 3.63) is 112 Å². The standard InChI is InChI=1S/C40H43N5O6/c1-20(2)31-38-45-32(36(48)41-27-15-9-11-23-10-5-6-12-24(23)27)34(51-38)40-25-13-7-8-14-28(25)43-39(40)50-30-17-16-22(18-26(30)40)19-29(35(47)44-31)42-37(49)33(46)21(3)4/h5-8,10,12-14,16-18,20-21,27,29,31,33,39,43,46H,9,11,15,19H2,1-4H3,(H,41,48)(H,42,49)(H,44,47)/t27-,29+,31+,33+,39+,40?/m1/s1. The highest BCUT2D eigenvalue weighted by Gasteiger charge is 2.61. The van der Waals surface area contributed by atoms with Crippen LogP contribution in [0.4, 0.5) is 5.69 Å². The molecule has 11 heteroatoms. The van der Waals surface area contributed by atoms with Gasteiger partial charge in [0.25, 0.3) is 5.91 Å². The lowest BCUT2D eigenvalue weighted by atomic mass is 9.72. The second kappa shape index (κ2) is 12.6. The molecule has 0 fully saturated rings. The SMILES string of the molecule is CC(C)[C@H](O)C(=O)N[C@H]1Cc2ccc3c(c2)C2(c4ccccc4N[C@H]2O3)c2oc(nc2C(=O)N[C@@H]2CCCc3ccccc32)[C@H](C(C)C)NC1=O. The molecule has 4 heterocycles. The van der Waals surface area contributed by atoms with Crippen LogP contribution in [-0.2, 0) is 27.8 Å². The van der Waals surface area contributed by atoms with Crippen molar-refractivity contribution in [2.24, 2.45) is 11.8 Å². The summed E-state index contributed by atoms with van der Waals surface area (Å²) >= 11 is 0. The van der Waals surface area contributed by atoms with Crippen LogP contribution in [0.1, 0.15) is 103 Å². The van der Waals surface area contributed by atoms with Crippen molar-refractivity contribution in [1.82, 2.24) is 20.9 Å². The minimum absolute atomic E-state index is 0.127. The van der Waals surface area contributed by atoms with E-state index in [9.17, 15) is 19.5 Å². The van der Waals surface area contributed by atoms with Crippen LogP contribution < -0.4 is 26.0 Å². The molecule has 4 aromatic rings. The molecule has 4 bridgehead atoms. The summed E-state index contributed by atoms with van der Waals surface area (Å²) in [5.41, 5.74) is 4.57. The van der Waals surface area contributed by atoms with Crippen LogP contribution in [0, 0.1) is 11.8 Å². The van der Waals surface area contributed by atoms with E-state index < -0.39 is 41.6 Å². The second-order valence-electron chi connectivity index (χ2n) is 14.9. The molecule has 6 atom stereocenters. The van der Waals surface area contributed by atoms with Crippen molar-refractivity contribution in [3.63, 3.8) is 0 Å². The van der Waals surface area contributed by atoms with Crippen LogP contribution in [0.15, 0.2) is 71.1 Å². The lowest BCUT2D eigenvalue weighted by molar-refractivity contribution is -0.135. The number of ether oxygens (including phenoxy) is 1. The number of carbonyl (C=O) groups is 3. The Hall–Kier alpha value is -5.16. The summed E-state index contributed by atoms with van der Waals surface area (Å²) in [4.78, 5) is 46.8. The zero-order valence-corrected chi connectivity index (χ0v) is 29.2. The number of fused-ring (bicyclic) bond motifs is 5. The van der Waals surface area contributed by atoms with E-state index in [1.807, 2.05) is 68.4 Å². The van der Waals surface area contributed by atoms with Gasteiger partial charge in [-0.15, -0.1) is 0 Å². The third kappa shape index (κ3) is 5.37. The molecule has 4 aliphatic rings. The van der Waals surface area contributed by atoms with Gasteiger partial charge in [0.15, 0.2) is 17.7 Å². The Labute approximate surface area is 296 Å². The van der Waals surface area contributed by atoms with E-state index in [0.29, 0.717) is 11.5 Å². The average Bonchev–Trinajstić information content (AvgIpc) is 3.79. The average molecular weight is 690 g/mol. The number of amides is 3. The number of benzene rings is 3. The zero-order chi connectivity index (χ0) is 35.6. The zero-order valence-electron chi connectivity index (χ0n) is 29.2. The van der Waals surface area contributed by atoms with Gasteiger partial charge in [0.2, 0.25) is 17.7 Å². The fourth-order valence-electron chi connectivity index (χ4n) is 8.15. The molecule has 0 saturated heterocycles. The van der Waals surface area contributed by atoms with Gasteiger partial charge in [-0.3, -0.25) is 14.4 Å². The van der Waals surface area contributed by atoms with E-state index in [2.05, 4.69) is 33.4 Å². The minimum atomic E-state index is -1.29. The highest BCUT2D eigenvalue weighted by atomic mass is 16.5. The van der Waals surface area contributed by atoms with Gasteiger partial charge in [0.05, 0.1) is 6.04 Å². The Bertz CT molecular complexity index is 2040. The summed E-state index contributed by atoms with van der Waals surface area (Å²) in [6.07, 6.45) is 0.898. The van der Waals surface area contributed by atoms with Crippen LogP contribution in [0.5, 0.6) is 5.75 Å². The van der Waals surface area contributed by atoms with Crippen LogP contribution >= 0.6 is 0 Å². The molecule has 1 aromatic heterocycles. The van der Waals surface area contributed by atoms with E-state index in [0.717, 1.165) is 47.2 Å². The number of anilines is 1. The first-order valence-corrected chi connectivity index (χ1v) is 17.9. The van der Waals surface area contributed by atoms with Gasteiger partial charge in [-0.25, -0.2) is 4.98 Å². The van der Waals surface area contributed by atoms with Crippen molar-refractivity contribution in [2.45, 2.75) is 89.3 Å². The number of aliphatic hydroxyl groups is 1. The number of rotatable bonds is 6. The monoisotopic (exact) mass is 689 g/mol. The topological polar surface area (TPSA) is 155 Å². The lowest BCUT2D eigenvalue weighted by Crippen LogP contribution is -2.52. The molecule has 3 aliphatic heterocycles. The number of hydrogen-bond acceptors (Lipinski definition) is 8.